The second-order valence-corrected chi connectivity index (χ2v) is 5.23. The molecule has 1 saturated heterocycles. The van der Waals surface area contributed by atoms with Crippen LogP contribution in [0.25, 0.3) is 0 Å². The molecule has 1 unspecified atom stereocenters. The van der Waals surface area contributed by atoms with E-state index in [9.17, 15) is 9.59 Å². The Bertz CT molecular complexity index is 325. The molecule has 1 fully saturated rings. The largest absolute Gasteiger partial charge is 0.481 e. The first-order chi connectivity index (χ1) is 9.52. The second kappa shape index (κ2) is 8.76. The van der Waals surface area contributed by atoms with E-state index in [1.165, 1.54) is 0 Å². The van der Waals surface area contributed by atoms with E-state index in [0.29, 0.717) is 26.2 Å². The Morgan fingerprint density at radius 1 is 1.45 bits per heavy atom. The van der Waals surface area contributed by atoms with Gasteiger partial charge in [0.15, 0.2) is 0 Å². The molecule has 0 saturated carbocycles. The van der Waals surface area contributed by atoms with E-state index in [4.69, 9.17) is 9.84 Å². The molecule has 0 radical (unpaired) electrons. The minimum Gasteiger partial charge on any atom is -0.481 e. The topological polar surface area (TPSA) is 82.1 Å². The Balaban J connectivity index is 2.16. The number of carbonyl (C=O) groups is 2. The number of carboxylic acids is 1. The molecule has 0 bridgehead atoms. The molecule has 1 heterocycles. The molecular weight excluding hydrogens is 262 g/mol. The van der Waals surface area contributed by atoms with Gasteiger partial charge in [-0.15, -0.1) is 0 Å². The zero-order valence-corrected chi connectivity index (χ0v) is 12.3. The number of ether oxygens (including phenoxy) is 1. The second-order valence-electron chi connectivity index (χ2n) is 5.23. The minimum absolute atomic E-state index is 0.0858. The maximum Gasteiger partial charge on any atom is 0.317 e. The maximum atomic E-state index is 11.9. The summed E-state index contributed by atoms with van der Waals surface area (Å²) in [7, 11) is 3.64. The van der Waals surface area contributed by atoms with Crippen molar-refractivity contribution in [3.63, 3.8) is 0 Å². The van der Waals surface area contributed by atoms with Crippen LogP contribution in [0, 0.1) is 5.92 Å². The Labute approximate surface area is 119 Å². The van der Waals surface area contributed by atoms with Crippen molar-refractivity contribution >= 4 is 12.0 Å². The van der Waals surface area contributed by atoms with Crippen LogP contribution in [0.3, 0.4) is 0 Å². The highest BCUT2D eigenvalue weighted by Crippen LogP contribution is 2.19. The predicted octanol–water partition coefficient (Wildman–Crippen LogP) is 0.0708. The lowest BCUT2D eigenvalue weighted by Gasteiger charge is -2.20. The van der Waals surface area contributed by atoms with Crippen molar-refractivity contribution < 1.29 is 19.4 Å². The fourth-order valence-electron chi connectivity index (χ4n) is 2.26. The van der Waals surface area contributed by atoms with Crippen LogP contribution in [0.15, 0.2) is 0 Å². The highest BCUT2D eigenvalue weighted by atomic mass is 16.5. The SMILES string of the molecule is COCCN(C)CCNC(=O)N1CCC(CC(=O)O)C1. The fourth-order valence-corrected chi connectivity index (χ4v) is 2.26. The van der Waals surface area contributed by atoms with E-state index in [0.717, 1.165) is 19.5 Å². The normalized spacial score (nSPS) is 18.6. The van der Waals surface area contributed by atoms with Crippen LogP contribution in [0.5, 0.6) is 0 Å². The van der Waals surface area contributed by atoms with Gasteiger partial charge < -0.3 is 25.0 Å². The van der Waals surface area contributed by atoms with Gasteiger partial charge in [-0.25, -0.2) is 4.79 Å². The number of amides is 2. The summed E-state index contributed by atoms with van der Waals surface area (Å²) in [6.07, 6.45) is 0.914. The average molecular weight is 287 g/mol. The van der Waals surface area contributed by atoms with Crippen LogP contribution in [-0.4, -0.2) is 80.4 Å². The molecule has 2 N–H and O–H groups in total. The summed E-state index contributed by atoms with van der Waals surface area (Å²) >= 11 is 0. The number of rotatable bonds is 8. The van der Waals surface area contributed by atoms with E-state index in [2.05, 4.69) is 10.2 Å². The third-order valence-corrected chi connectivity index (χ3v) is 3.48. The number of nitrogens with zero attached hydrogens (tertiary/aromatic N) is 2. The van der Waals surface area contributed by atoms with Gasteiger partial charge in [0.25, 0.3) is 0 Å². The lowest BCUT2D eigenvalue weighted by Crippen LogP contribution is -2.42. The first-order valence-electron chi connectivity index (χ1n) is 6.95. The van der Waals surface area contributed by atoms with Gasteiger partial charge in [0, 0.05) is 46.3 Å². The molecule has 116 valence electrons. The third kappa shape index (κ3) is 6.21. The highest BCUT2D eigenvalue weighted by molar-refractivity contribution is 5.74. The molecular formula is C13H25N3O4. The summed E-state index contributed by atoms with van der Waals surface area (Å²) in [6.45, 7) is 4.03. The number of likely N-dealkylation sites (N-methyl/N-ethyl adjacent to an activating group) is 1. The fraction of sp³-hybridized carbons (Fsp3) is 0.846. The van der Waals surface area contributed by atoms with Crippen molar-refractivity contribution in [1.82, 2.24) is 15.1 Å². The molecule has 0 spiro atoms. The highest BCUT2D eigenvalue weighted by Gasteiger charge is 2.27. The molecule has 0 aromatic rings. The molecule has 0 aromatic carbocycles. The lowest BCUT2D eigenvalue weighted by molar-refractivity contribution is -0.138. The Morgan fingerprint density at radius 3 is 2.85 bits per heavy atom. The quantitative estimate of drug-likeness (QED) is 0.660. The number of carbonyl (C=O) groups excluding carboxylic acids is 1. The first-order valence-corrected chi connectivity index (χ1v) is 6.95. The van der Waals surface area contributed by atoms with Crippen molar-refractivity contribution in [3.8, 4) is 0 Å². The standard InChI is InChI=1S/C13H25N3O4/c1-15(7-8-20-2)6-4-14-13(19)16-5-3-11(10-16)9-12(17)18/h11H,3-10H2,1-2H3,(H,14,19)(H,17,18). The summed E-state index contributed by atoms with van der Waals surface area (Å²) < 4.78 is 4.98. The van der Waals surface area contributed by atoms with E-state index in [1.54, 1.807) is 12.0 Å². The summed E-state index contributed by atoms with van der Waals surface area (Å²) in [5.74, 6) is -0.709. The number of methoxy groups -OCH3 is 1. The van der Waals surface area contributed by atoms with Crippen LogP contribution in [0.4, 0.5) is 4.79 Å². The number of urea groups is 1. The van der Waals surface area contributed by atoms with Gasteiger partial charge in [-0.2, -0.15) is 0 Å². The summed E-state index contributed by atoms with van der Waals surface area (Å²) in [5, 5.41) is 11.6. The van der Waals surface area contributed by atoms with Crippen LogP contribution < -0.4 is 5.32 Å². The number of hydrogen-bond donors (Lipinski definition) is 2. The number of nitrogens with one attached hydrogen (secondary N) is 1. The molecule has 1 aliphatic heterocycles. The maximum absolute atomic E-state index is 11.9. The van der Waals surface area contributed by atoms with Gasteiger partial charge in [0.2, 0.25) is 0 Å². The van der Waals surface area contributed by atoms with Gasteiger partial charge in [0.1, 0.15) is 0 Å². The molecule has 7 heteroatoms. The summed E-state index contributed by atoms with van der Waals surface area (Å²) in [6, 6.07) is -0.0990. The smallest absolute Gasteiger partial charge is 0.317 e. The number of likely N-dealkylation sites (tertiary alicyclic amines) is 1. The summed E-state index contributed by atoms with van der Waals surface area (Å²) in [4.78, 5) is 26.3. The van der Waals surface area contributed by atoms with E-state index in [-0.39, 0.29) is 18.4 Å². The van der Waals surface area contributed by atoms with Crippen molar-refractivity contribution in [2.24, 2.45) is 5.92 Å². The van der Waals surface area contributed by atoms with Crippen molar-refractivity contribution in [3.05, 3.63) is 0 Å². The molecule has 1 rings (SSSR count). The van der Waals surface area contributed by atoms with Crippen LogP contribution in [0.1, 0.15) is 12.8 Å². The third-order valence-electron chi connectivity index (χ3n) is 3.48. The van der Waals surface area contributed by atoms with Crippen molar-refractivity contribution in [2.45, 2.75) is 12.8 Å². The van der Waals surface area contributed by atoms with Gasteiger partial charge in [0.05, 0.1) is 6.61 Å². The first kappa shape index (κ1) is 16.7. The molecule has 0 aliphatic carbocycles. The van der Waals surface area contributed by atoms with Crippen molar-refractivity contribution in [2.75, 3.05) is 53.5 Å². The van der Waals surface area contributed by atoms with Crippen molar-refractivity contribution in [1.29, 1.82) is 0 Å². The monoisotopic (exact) mass is 287 g/mol. The van der Waals surface area contributed by atoms with Gasteiger partial charge >= 0.3 is 12.0 Å². The van der Waals surface area contributed by atoms with Gasteiger partial charge in [-0.3, -0.25) is 4.79 Å². The zero-order valence-electron chi connectivity index (χ0n) is 12.3. The molecule has 1 atom stereocenters. The zero-order chi connectivity index (χ0) is 15.0. The average Bonchev–Trinajstić information content (AvgIpc) is 2.83. The number of hydrogen-bond acceptors (Lipinski definition) is 4. The molecule has 2 amide bonds. The molecule has 7 nitrogen and oxygen atoms in total. The molecule has 0 aromatic heterocycles. The van der Waals surface area contributed by atoms with E-state index < -0.39 is 5.97 Å². The van der Waals surface area contributed by atoms with E-state index in [1.807, 2.05) is 7.05 Å². The molecule has 20 heavy (non-hydrogen) atoms. The van der Waals surface area contributed by atoms with Gasteiger partial charge in [-0.05, 0) is 19.4 Å². The van der Waals surface area contributed by atoms with Gasteiger partial charge in [-0.1, -0.05) is 0 Å². The Kier molecular flexibility index (Phi) is 7.32. The minimum atomic E-state index is -0.794. The Morgan fingerprint density at radius 2 is 2.20 bits per heavy atom. The van der Waals surface area contributed by atoms with E-state index >= 15 is 0 Å². The Hall–Kier alpha value is -1.34. The predicted molar refractivity (Wildman–Crippen MR) is 74.7 cm³/mol. The molecule has 1 aliphatic rings. The number of aliphatic carboxylic acids is 1. The number of carboxylic acid groups (broad SMARTS) is 1. The van der Waals surface area contributed by atoms with Crippen LogP contribution in [0.2, 0.25) is 0 Å². The summed E-state index contributed by atoms with van der Waals surface area (Å²) in [5.41, 5.74) is 0. The lowest BCUT2D eigenvalue weighted by atomic mass is 10.1. The van der Waals surface area contributed by atoms with Crippen LogP contribution in [-0.2, 0) is 9.53 Å². The van der Waals surface area contributed by atoms with Crippen LogP contribution >= 0.6 is 0 Å².